The zero-order valence-corrected chi connectivity index (χ0v) is 13.2. The molecule has 0 spiro atoms. The Morgan fingerprint density at radius 2 is 2.05 bits per heavy atom. The van der Waals surface area contributed by atoms with E-state index >= 15 is 0 Å². The minimum Gasteiger partial charge on any atom is -0.490 e. The monoisotopic (exact) mass is 319 g/mol. The third kappa shape index (κ3) is 5.10. The lowest BCUT2D eigenvalue weighted by atomic mass is 10.2. The molecule has 1 N–H and O–H groups in total. The van der Waals surface area contributed by atoms with Crippen LogP contribution >= 0.6 is 23.2 Å². The van der Waals surface area contributed by atoms with Crippen molar-refractivity contribution in [1.82, 2.24) is 0 Å². The molecule has 0 aliphatic carbocycles. The Balaban J connectivity index is 2.96. The summed E-state index contributed by atoms with van der Waals surface area (Å²) in [5, 5.41) is 3.16. The van der Waals surface area contributed by atoms with Crippen LogP contribution in [-0.2, 0) is 4.79 Å². The van der Waals surface area contributed by atoms with Gasteiger partial charge >= 0.3 is 0 Å². The number of alkyl halides is 1. The summed E-state index contributed by atoms with van der Waals surface area (Å²) in [4.78, 5) is 11.6. The highest BCUT2D eigenvalue weighted by Gasteiger charge is 2.13. The predicted molar refractivity (Wildman–Crippen MR) is 82.4 cm³/mol. The van der Waals surface area contributed by atoms with Gasteiger partial charge in [-0.25, -0.2) is 0 Å². The molecule has 0 saturated heterocycles. The van der Waals surface area contributed by atoms with Crippen molar-refractivity contribution in [3.05, 3.63) is 17.2 Å². The van der Waals surface area contributed by atoms with E-state index in [4.69, 9.17) is 32.7 Å². The minimum absolute atomic E-state index is 0.0551. The topological polar surface area (TPSA) is 47.6 Å². The Bertz CT molecular complexity index is 452. The minimum atomic E-state index is -0.0551. The Hall–Kier alpha value is -1.13. The molecule has 1 aromatic carbocycles. The fourth-order valence-electron chi connectivity index (χ4n) is 1.63. The second-order valence-electron chi connectivity index (χ2n) is 4.05. The van der Waals surface area contributed by atoms with Gasteiger partial charge in [0.15, 0.2) is 11.5 Å². The number of hydrogen-bond donors (Lipinski definition) is 1. The number of carbonyl (C=O) groups is 1. The van der Waals surface area contributed by atoms with Crippen molar-refractivity contribution in [3.8, 4) is 11.5 Å². The number of amides is 1. The SMILES string of the molecule is CCCC(=O)Nc1cc(Cl)c(OCCCl)c(OCC)c1. The number of rotatable bonds is 8. The molecule has 0 bridgehead atoms. The quantitative estimate of drug-likeness (QED) is 0.734. The first-order valence-corrected chi connectivity index (χ1v) is 7.48. The lowest BCUT2D eigenvalue weighted by Crippen LogP contribution is -2.11. The standard InChI is InChI=1S/C14H19Cl2NO3/c1-3-5-13(18)17-10-8-11(16)14(20-7-6-15)12(9-10)19-4-2/h8-9H,3-7H2,1-2H3,(H,17,18). The van der Waals surface area contributed by atoms with Gasteiger partial charge in [0.2, 0.25) is 5.91 Å². The van der Waals surface area contributed by atoms with Gasteiger partial charge in [-0.1, -0.05) is 18.5 Å². The number of carbonyl (C=O) groups excluding carboxylic acids is 1. The molecule has 1 rings (SSSR count). The van der Waals surface area contributed by atoms with E-state index in [1.807, 2.05) is 13.8 Å². The van der Waals surface area contributed by atoms with E-state index in [-0.39, 0.29) is 5.91 Å². The highest BCUT2D eigenvalue weighted by Crippen LogP contribution is 2.38. The molecule has 4 nitrogen and oxygen atoms in total. The molecule has 1 amide bonds. The molecule has 112 valence electrons. The maximum absolute atomic E-state index is 11.6. The molecule has 0 saturated carbocycles. The molecule has 0 unspecified atom stereocenters. The molecule has 6 heteroatoms. The maximum atomic E-state index is 11.6. The van der Waals surface area contributed by atoms with E-state index < -0.39 is 0 Å². The summed E-state index contributed by atoms with van der Waals surface area (Å²) in [6.07, 6.45) is 1.25. The fraction of sp³-hybridized carbons (Fsp3) is 0.500. The highest BCUT2D eigenvalue weighted by atomic mass is 35.5. The lowest BCUT2D eigenvalue weighted by Gasteiger charge is -2.15. The zero-order valence-electron chi connectivity index (χ0n) is 11.7. The van der Waals surface area contributed by atoms with E-state index in [2.05, 4.69) is 5.32 Å². The van der Waals surface area contributed by atoms with Gasteiger partial charge in [-0.3, -0.25) is 4.79 Å². The van der Waals surface area contributed by atoms with Gasteiger partial charge in [-0.05, 0) is 19.4 Å². The van der Waals surface area contributed by atoms with Crippen LogP contribution in [0.2, 0.25) is 5.02 Å². The first kappa shape index (κ1) is 16.9. The molecule has 0 heterocycles. The first-order valence-electron chi connectivity index (χ1n) is 6.57. The van der Waals surface area contributed by atoms with Crippen molar-refractivity contribution in [2.45, 2.75) is 26.7 Å². The van der Waals surface area contributed by atoms with E-state index in [0.29, 0.717) is 47.7 Å². The molecule has 0 aromatic heterocycles. The molecule has 0 atom stereocenters. The van der Waals surface area contributed by atoms with Crippen molar-refractivity contribution in [1.29, 1.82) is 0 Å². The largest absolute Gasteiger partial charge is 0.490 e. The van der Waals surface area contributed by atoms with Gasteiger partial charge in [0.1, 0.15) is 6.61 Å². The summed E-state index contributed by atoms with van der Waals surface area (Å²) in [5.74, 6) is 1.25. The molecule has 0 radical (unpaired) electrons. The summed E-state index contributed by atoms with van der Waals surface area (Å²) in [7, 11) is 0. The summed E-state index contributed by atoms with van der Waals surface area (Å²) in [6, 6.07) is 3.34. The van der Waals surface area contributed by atoms with Gasteiger partial charge < -0.3 is 14.8 Å². The molecule has 0 aliphatic heterocycles. The van der Waals surface area contributed by atoms with Crippen molar-refractivity contribution in [2.24, 2.45) is 0 Å². The summed E-state index contributed by atoms with van der Waals surface area (Å²) in [6.45, 7) is 4.62. The number of benzene rings is 1. The van der Waals surface area contributed by atoms with Crippen LogP contribution in [0.3, 0.4) is 0 Å². The summed E-state index contributed by atoms with van der Waals surface area (Å²) in [5.41, 5.74) is 0.593. The van der Waals surface area contributed by atoms with Gasteiger partial charge in [0.25, 0.3) is 0 Å². The predicted octanol–water partition coefficient (Wildman–Crippen LogP) is 4.09. The lowest BCUT2D eigenvalue weighted by molar-refractivity contribution is -0.116. The van der Waals surface area contributed by atoms with Crippen LogP contribution in [0.4, 0.5) is 5.69 Å². The first-order chi connectivity index (χ1) is 9.62. The van der Waals surface area contributed by atoms with Crippen molar-refractivity contribution >= 4 is 34.8 Å². The number of hydrogen-bond acceptors (Lipinski definition) is 3. The van der Waals surface area contributed by atoms with Gasteiger partial charge in [-0.15, -0.1) is 11.6 Å². The molecule has 0 fully saturated rings. The van der Waals surface area contributed by atoms with Gasteiger partial charge in [-0.2, -0.15) is 0 Å². The van der Waals surface area contributed by atoms with E-state index in [1.165, 1.54) is 0 Å². The molecule has 20 heavy (non-hydrogen) atoms. The van der Waals surface area contributed by atoms with Crippen LogP contribution in [0, 0.1) is 0 Å². The maximum Gasteiger partial charge on any atom is 0.224 e. The smallest absolute Gasteiger partial charge is 0.224 e. The fourth-order valence-corrected chi connectivity index (χ4v) is 1.98. The Kier molecular flexibility index (Phi) is 7.55. The van der Waals surface area contributed by atoms with Crippen LogP contribution < -0.4 is 14.8 Å². The third-order valence-electron chi connectivity index (χ3n) is 2.39. The van der Waals surface area contributed by atoms with Crippen LogP contribution in [-0.4, -0.2) is 25.0 Å². The van der Waals surface area contributed by atoms with Crippen LogP contribution in [0.25, 0.3) is 0 Å². The number of anilines is 1. The van der Waals surface area contributed by atoms with Crippen molar-refractivity contribution in [2.75, 3.05) is 24.4 Å². The summed E-state index contributed by atoms with van der Waals surface area (Å²) >= 11 is 11.8. The van der Waals surface area contributed by atoms with Gasteiger partial charge in [0, 0.05) is 18.2 Å². The normalized spacial score (nSPS) is 10.2. The molecule has 1 aromatic rings. The van der Waals surface area contributed by atoms with Crippen molar-refractivity contribution in [3.63, 3.8) is 0 Å². The van der Waals surface area contributed by atoms with Crippen molar-refractivity contribution < 1.29 is 14.3 Å². The van der Waals surface area contributed by atoms with E-state index in [0.717, 1.165) is 6.42 Å². The van der Waals surface area contributed by atoms with E-state index in [9.17, 15) is 4.79 Å². The van der Waals surface area contributed by atoms with Crippen LogP contribution in [0.15, 0.2) is 12.1 Å². The summed E-state index contributed by atoms with van der Waals surface area (Å²) < 4.78 is 11.0. The molecular formula is C14H19Cl2NO3. The number of ether oxygens (including phenoxy) is 2. The third-order valence-corrected chi connectivity index (χ3v) is 2.83. The Morgan fingerprint density at radius 1 is 1.30 bits per heavy atom. The average molecular weight is 320 g/mol. The van der Waals surface area contributed by atoms with Crippen LogP contribution in [0.5, 0.6) is 11.5 Å². The van der Waals surface area contributed by atoms with E-state index in [1.54, 1.807) is 12.1 Å². The highest BCUT2D eigenvalue weighted by molar-refractivity contribution is 6.32. The Morgan fingerprint density at radius 3 is 2.65 bits per heavy atom. The molecular weight excluding hydrogens is 301 g/mol. The second-order valence-corrected chi connectivity index (χ2v) is 4.84. The van der Waals surface area contributed by atoms with Crippen LogP contribution in [0.1, 0.15) is 26.7 Å². The number of nitrogens with one attached hydrogen (secondary N) is 1. The molecule has 0 aliphatic rings. The second kappa shape index (κ2) is 8.93. The average Bonchev–Trinajstić information content (AvgIpc) is 2.38. The van der Waals surface area contributed by atoms with Gasteiger partial charge in [0.05, 0.1) is 17.5 Å². The Labute approximate surface area is 129 Å². The zero-order chi connectivity index (χ0) is 15.0. The number of halogens is 2.